The molecule has 17 heavy (non-hydrogen) atoms. The second kappa shape index (κ2) is 5.48. The van der Waals surface area contributed by atoms with E-state index in [1.54, 1.807) is 24.3 Å². The van der Waals surface area contributed by atoms with Crippen molar-refractivity contribution in [2.45, 2.75) is 36.2 Å². The lowest BCUT2D eigenvalue weighted by atomic mass is 9.88. The van der Waals surface area contributed by atoms with Crippen LogP contribution in [0.2, 0.25) is 0 Å². The van der Waals surface area contributed by atoms with Crippen molar-refractivity contribution in [3.63, 3.8) is 0 Å². The summed E-state index contributed by atoms with van der Waals surface area (Å²) in [5.74, 6) is 1.30. The third-order valence-electron chi connectivity index (χ3n) is 3.35. The van der Waals surface area contributed by atoms with Crippen molar-refractivity contribution in [3.8, 4) is 6.07 Å². The number of hydrogen-bond donors (Lipinski definition) is 1. The summed E-state index contributed by atoms with van der Waals surface area (Å²) in [4.78, 5) is 8.03. The molecule has 2 atom stereocenters. The Balaban J connectivity index is 1.81. The van der Waals surface area contributed by atoms with Crippen LogP contribution in [0, 0.1) is 17.2 Å². The van der Waals surface area contributed by atoms with Gasteiger partial charge < -0.3 is 5.73 Å². The molecule has 0 aliphatic heterocycles. The Hall–Kier alpha value is -1.12. The fraction of sp³-hybridized carbons (Fsp3) is 0.583. The van der Waals surface area contributed by atoms with E-state index in [0.717, 1.165) is 36.5 Å². The van der Waals surface area contributed by atoms with Crippen LogP contribution in [0.25, 0.3) is 0 Å². The van der Waals surface area contributed by atoms with Crippen LogP contribution in [-0.2, 0) is 0 Å². The summed E-state index contributed by atoms with van der Waals surface area (Å²) in [7, 11) is 0. The van der Waals surface area contributed by atoms with Crippen molar-refractivity contribution >= 4 is 11.8 Å². The maximum atomic E-state index is 9.11. The zero-order valence-corrected chi connectivity index (χ0v) is 10.5. The standard InChI is InChI=1S/C12H16N4S/c13-8-12(14)5-1-2-10(12)4-7-17-11-3-6-15-9-16-11/h3,6,9-10H,1-2,4-5,7,14H2. The molecular formula is C12H16N4S. The molecule has 0 amide bonds. The smallest absolute Gasteiger partial charge is 0.116 e. The minimum Gasteiger partial charge on any atom is -0.313 e. The average molecular weight is 248 g/mol. The van der Waals surface area contributed by atoms with Crippen molar-refractivity contribution < 1.29 is 0 Å². The highest BCUT2D eigenvalue weighted by Crippen LogP contribution is 2.36. The molecule has 90 valence electrons. The first-order valence-electron chi connectivity index (χ1n) is 5.83. The quantitative estimate of drug-likeness (QED) is 0.651. The van der Waals surface area contributed by atoms with Crippen LogP contribution in [0.4, 0.5) is 0 Å². The Morgan fingerprint density at radius 3 is 3.24 bits per heavy atom. The zero-order chi connectivity index (χ0) is 12.1. The topological polar surface area (TPSA) is 75.6 Å². The van der Waals surface area contributed by atoms with Crippen LogP contribution >= 0.6 is 11.8 Å². The first-order valence-corrected chi connectivity index (χ1v) is 6.82. The molecule has 0 aromatic carbocycles. The van der Waals surface area contributed by atoms with Crippen molar-refractivity contribution in [2.24, 2.45) is 11.7 Å². The summed E-state index contributed by atoms with van der Waals surface area (Å²) < 4.78 is 0. The molecule has 1 aliphatic rings. The summed E-state index contributed by atoms with van der Waals surface area (Å²) in [5, 5.41) is 10.1. The zero-order valence-electron chi connectivity index (χ0n) is 9.67. The van der Waals surface area contributed by atoms with E-state index in [4.69, 9.17) is 11.0 Å². The normalized spacial score (nSPS) is 27.9. The fourth-order valence-corrected chi connectivity index (χ4v) is 3.21. The molecule has 2 N–H and O–H groups in total. The fourth-order valence-electron chi connectivity index (χ4n) is 2.32. The number of hydrogen-bond acceptors (Lipinski definition) is 5. The maximum Gasteiger partial charge on any atom is 0.116 e. The van der Waals surface area contributed by atoms with Gasteiger partial charge in [-0.05, 0) is 37.0 Å². The molecule has 1 aliphatic carbocycles. The van der Waals surface area contributed by atoms with E-state index in [-0.39, 0.29) is 0 Å². The summed E-state index contributed by atoms with van der Waals surface area (Å²) in [5.41, 5.74) is 5.50. The Morgan fingerprint density at radius 1 is 1.65 bits per heavy atom. The van der Waals surface area contributed by atoms with Gasteiger partial charge in [-0.25, -0.2) is 9.97 Å². The van der Waals surface area contributed by atoms with Gasteiger partial charge in [0.25, 0.3) is 0 Å². The first-order chi connectivity index (χ1) is 8.24. The largest absolute Gasteiger partial charge is 0.313 e. The van der Waals surface area contributed by atoms with Gasteiger partial charge in [0.2, 0.25) is 0 Å². The lowest BCUT2D eigenvalue weighted by molar-refractivity contribution is 0.389. The van der Waals surface area contributed by atoms with E-state index in [9.17, 15) is 0 Å². The molecule has 5 heteroatoms. The van der Waals surface area contributed by atoms with Crippen molar-refractivity contribution in [1.29, 1.82) is 5.26 Å². The van der Waals surface area contributed by atoms with Gasteiger partial charge in [0.15, 0.2) is 0 Å². The van der Waals surface area contributed by atoms with E-state index >= 15 is 0 Å². The van der Waals surface area contributed by atoms with Gasteiger partial charge in [0.05, 0.1) is 11.1 Å². The Bertz CT molecular complexity index is 403. The Kier molecular flexibility index (Phi) is 3.97. The molecule has 4 nitrogen and oxygen atoms in total. The number of nitrogens with zero attached hydrogens (tertiary/aromatic N) is 3. The predicted molar refractivity (Wildman–Crippen MR) is 67.2 cm³/mol. The Labute approximate surface area is 106 Å². The lowest BCUT2D eigenvalue weighted by Crippen LogP contribution is -2.41. The average Bonchev–Trinajstić information content (AvgIpc) is 2.73. The molecule has 2 unspecified atom stereocenters. The van der Waals surface area contributed by atoms with Crippen LogP contribution in [0.15, 0.2) is 23.6 Å². The molecule has 1 aromatic rings. The molecule has 0 spiro atoms. The summed E-state index contributed by atoms with van der Waals surface area (Å²) in [6.07, 6.45) is 7.28. The lowest BCUT2D eigenvalue weighted by Gasteiger charge is -2.23. The molecule has 1 aromatic heterocycles. The van der Waals surface area contributed by atoms with Crippen LogP contribution in [0.5, 0.6) is 0 Å². The minimum atomic E-state index is -0.591. The Morgan fingerprint density at radius 2 is 2.53 bits per heavy atom. The monoisotopic (exact) mass is 248 g/mol. The molecule has 0 saturated heterocycles. The van der Waals surface area contributed by atoms with Gasteiger partial charge >= 0.3 is 0 Å². The number of rotatable bonds is 4. The van der Waals surface area contributed by atoms with Crippen molar-refractivity contribution in [3.05, 3.63) is 18.6 Å². The number of nitriles is 1. The molecule has 1 heterocycles. The van der Waals surface area contributed by atoms with Gasteiger partial charge in [0.1, 0.15) is 11.9 Å². The summed E-state index contributed by atoms with van der Waals surface area (Å²) in [6, 6.07) is 4.18. The van der Waals surface area contributed by atoms with E-state index in [1.807, 2.05) is 6.07 Å². The van der Waals surface area contributed by atoms with Crippen LogP contribution in [-0.4, -0.2) is 21.3 Å². The van der Waals surface area contributed by atoms with E-state index in [1.165, 1.54) is 0 Å². The number of nitrogens with two attached hydrogens (primary N) is 1. The highest BCUT2D eigenvalue weighted by Gasteiger charge is 2.39. The first kappa shape index (κ1) is 12.3. The molecule has 0 bridgehead atoms. The molecule has 1 fully saturated rings. The second-order valence-electron chi connectivity index (χ2n) is 4.43. The van der Waals surface area contributed by atoms with Gasteiger partial charge in [-0.15, -0.1) is 11.8 Å². The summed E-state index contributed by atoms with van der Waals surface area (Å²) in [6.45, 7) is 0. The van der Waals surface area contributed by atoms with Crippen molar-refractivity contribution in [1.82, 2.24) is 9.97 Å². The van der Waals surface area contributed by atoms with Gasteiger partial charge in [-0.2, -0.15) is 5.26 Å². The number of thioether (sulfide) groups is 1. The SMILES string of the molecule is N#CC1(N)CCCC1CCSc1ccncn1. The summed E-state index contributed by atoms with van der Waals surface area (Å²) >= 11 is 1.70. The third-order valence-corrected chi connectivity index (χ3v) is 4.33. The second-order valence-corrected chi connectivity index (χ2v) is 5.54. The maximum absolute atomic E-state index is 9.11. The minimum absolute atomic E-state index is 0.335. The molecule has 2 rings (SSSR count). The van der Waals surface area contributed by atoms with Crippen LogP contribution < -0.4 is 5.73 Å². The van der Waals surface area contributed by atoms with Crippen LogP contribution in [0.1, 0.15) is 25.7 Å². The van der Waals surface area contributed by atoms with E-state index in [0.29, 0.717) is 5.92 Å². The van der Waals surface area contributed by atoms with Gasteiger partial charge in [-0.1, -0.05) is 6.42 Å². The molecule has 0 radical (unpaired) electrons. The highest BCUT2D eigenvalue weighted by atomic mass is 32.2. The van der Waals surface area contributed by atoms with Gasteiger partial charge in [0, 0.05) is 6.20 Å². The molecular weight excluding hydrogens is 232 g/mol. The van der Waals surface area contributed by atoms with E-state index < -0.39 is 5.54 Å². The number of aromatic nitrogens is 2. The predicted octanol–water partition coefficient (Wildman–Crippen LogP) is 1.98. The van der Waals surface area contributed by atoms with Gasteiger partial charge in [-0.3, -0.25) is 0 Å². The van der Waals surface area contributed by atoms with Crippen LogP contribution in [0.3, 0.4) is 0 Å². The van der Waals surface area contributed by atoms with E-state index in [2.05, 4.69) is 16.0 Å². The highest BCUT2D eigenvalue weighted by molar-refractivity contribution is 7.99. The third kappa shape index (κ3) is 2.96. The molecule has 1 saturated carbocycles. The van der Waals surface area contributed by atoms with Crippen molar-refractivity contribution in [2.75, 3.05) is 5.75 Å².